The number of aromatic nitrogens is 2. The van der Waals surface area contributed by atoms with Crippen molar-refractivity contribution >= 4 is 34.6 Å². The Hall–Kier alpha value is -2.45. The Bertz CT molecular complexity index is 683. The molecule has 1 aromatic carbocycles. The zero-order valence-corrected chi connectivity index (χ0v) is 13.2. The van der Waals surface area contributed by atoms with Gasteiger partial charge >= 0.3 is 5.69 Å². The summed E-state index contributed by atoms with van der Waals surface area (Å²) < 4.78 is 4.94. The summed E-state index contributed by atoms with van der Waals surface area (Å²) in [6.07, 6.45) is 1.97. The van der Waals surface area contributed by atoms with E-state index in [1.165, 1.54) is 6.33 Å². The second-order valence-electron chi connectivity index (χ2n) is 4.59. The zero-order valence-electron chi connectivity index (χ0n) is 12.5. The first-order valence-electron chi connectivity index (χ1n) is 6.86. The van der Waals surface area contributed by atoms with E-state index in [0.717, 1.165) is 0 Å². The number of benzene rings is 1. The Labute approximate surface area is 138 Å². The second-order valence-corrected chi connectivity index (χ2v) is 5.02. The van der Waals surface area contributed by atoms with Crippen molar-refractivity contribution in [2.24, 2.45) is 0 Å². The lowest BCUT2D eigenvalue weighted by molar-refractivity contribution is -0.383. The molecule has 2 N–H and O–H groups in total. The fourth-order valence-electron chi connectivity index (χ4n) is 1.90. The summed E-state index contributed by atoms with van der Waals surface area (Å²) in [6, 6.07) is 6.84. The van der Waals surface area contributed by atoms with Crippen LogP contribution in [0.2, 0.25) is 5.02 Å². The van der Waals surface area contributed by atoms with Gasteiger partial charge in [0, 0.05) is 31.0 Å². The molecule has 0 bridgehead atoms. The van der Waals surface area contributed by atoms with Crippen molar-refractivity contribution in [1.82, 2.24) is 9.97 Å². The maximum atomic E-state index is 11.4. The average Bonchev–Trinajstić information content (AvgIpc) is 2.51. The molecule has 0 aliphatic rings. The standard InChI is InChI=1S/C14H16ClN5O3/c1-23-7-3-6-16-13-12(20(21)22)14(18-9-17-13)19-11-5-2-4-10(15)8-11/h2,4-5,8-9H,3,6-7H2,1H3,(H2,16,17,18,19). The van der Waals surface area contributed by atoms with Gasteiger partial charge in [-0.15, -0.1) is 0 Å². The van der Waals surface area contributed by atoms with Gasteiger partial charge in [0.1, 0.15) is 6.33 Å². The number of nitro groups is 1. The van der Waals surface area contributed by atoms with Gasteiger partial charge in [0.15, 0.2) is 0 Å². The van der Waals surface area contributed by atoms with Gasteiger partial charge in [-0.3, -0.25) is 10.1 Å². The molecule has 1 heterocycles. The summed E-state index contributed by atoms with van der Waals surface area (Å²) >= 11 is 5.91. The first kappa shape index (κ1) is 16.9. The number of ether oxygens (including phenoxy) is 1. The SMILES string of the molecule is COCCCNc1ncnc(Nc2cccc(Cl)c2)c1[N+](=O)[O-]. The van der Waals surface area contributed by atoms with Gasteiger partial charge < -0.3 is 15.4 Å². The predicted molar refractivity (Wildman–Crippen MR) is 88.4 cm³/mol. The highest BCUT2D eigenvalue weighted by Crippen LogP contribution is 2.31. The van der Waals surface area contributed by atoms with Crippen LogP contribution < -0.4 is 10.6 Å². The van der Waals surface area contributed by atoms with Gasteiger partial charge in [-0.05, 0) is 24.6 Å². The third kappa shape index (κ3) is 4.76. The van der Waals surface area contributed by atoms with Crippen LogP contribution >= 0.6 is 11.6 Å². The number of anilines is 3. The van der Waals surface area contributed by atoms with Crippen molar-refractivity contribution in [1.29, 1.82) is 0 Å². The monoisotopic (exact) mass is 337 g/mol. The van der Waals surface area contributed by atoms with Gasteiger partial charge in [0.2, 0.25) is 11.6 Å². The van der Waals surface area contributed by atoms with E-state index in [0.29, 0.717) is 30.3 Å². The predicted octanol–water partition coefficient (Wildman–Crippen LogP) is 3.23. The highest BCUT2D eigenvalue weighted by Gasteiger charge is 2.22. The molecule has 0 aliphatic heterocycles. The first-order chi connectivity index (χ1) is 11.1. The maximum absolute atomic E-state index is 11.4. The van der Waals surface area contributed by atoms with Gasteiger partial charge in [0.25, 0.3) is 0 Å². The number of hydrogen-bond acceptors (Lipinski definition) is 7. The first-order valence-corrected chi connectivity index (χ1v) is 7.24. The van der Waals surface area contributed by atoms with Crippen LogP contribution in [0.3, 0.4) is 0 Å². The van der Waals surface area contributed by atoms with Crippen molar-refractivity contribution in [2.75, 3.05) is 30.9 Å². The lowest BCUT2D eigenvalue weighted by atomic mass is 10.3. The molecular formula is C14H16ClN5O3. The molecule has 0 saturated heterocycles. The maximum Gasteiger partial charge on any atom is 0.353 e. The minimum atomic E-state index is -0.522. The minimum Gasteiger partial charge on any atom is -0.385 e. The van der Waals surface area contributed by atoms with E-state index in [9.17, 15) is 10.1 Å². The highest BCUT2D eigenvalue weighted by molar-refractivity contribution is 6.30. The van der Waals surface area contributed by atoms with Gasteiger partial charge in [0.05, 0.1) is 4.92 Å². The van der Waals surface area contributed by atoms with Crippen LogP contribution in [-0.2, 0) is 4.74 Å². The van der Waals surface area contributed by atoms with E-state index >= 15 is 0 Å². The van der Waals surface area contributed by atoms with Crippen LogP contribution in [0.4, 0.5) is 23.0 Å². The van der Waals surface area contributed by atoms with Gasteiger partial charge in [-0.1, -0.05) is 17.7 Å². The lowest BCUT2D eigenvalue weighted by Crippen LogP contribution is -2.10. The van der Waals surface area contributed by atoms with E-state index in [4.69, 9.17) is 16.3 Å². The second kappa shape index (κ2) is 8.25. The van der Waals surface area contributed by atoms with Crippen LogP contribution in [0.1, 0.15) is 6.42 Å². The normalized spacial score (nSPS) is 10.3. The molecule has 0 atom stereocenters. The van der Waals surface area contributed by atoms with Crippen molar-refractivity contribution in [3.8, 4) is 0 Å². The Morgan fingerprint density at radius 2 is 2.13 bits per heavy atom. The molecule has 0 saturated carbocycles. The molecule has 0 unspecified atom stereocenters. The fraction of sp³-hybridized carbons (Fsp3) is 0.286. The van der Waals surface area contributed by atoms with Crippen molar-refractivity contribution in [2.45, 2.75) is 6.42 Å². The minimum absolute atomic E-state index is 0.0986. The molecule has 0 spiro atoms. The Balaban J connectivity index is 2.23. The molecule has 0 aliphatic carbocycles. The summed E-state index contributed by atoms with van der Waals surface area (Å²) in [7, 11) is 1.60. The molecule has 1 aromatic heterocycles. The summed E-state index contributed by atoms with van der Waals surface area (Å²) in [6.45, 7) is 1.06. The summed E-state index contributed by atoms with van der Waals surface area (Å²) in [5, 5.41) is 17.7. The molecule has 2 rings (SSSR count). The zero-order chi connectivity index (χ0) is 16.7. The van der Waals surface area contributed by atoms with Crippen LogP contribution in [0.5, 0.6) is 0 Å². The van der Waals surface area contributed by atoms with E-state index in [1.54, 1.807) is 31.4 Å². The van der Waals surface area contributed by atoms with Crippen molar-refractivity contribution in [3.05, 3.63) is 45.7 Å². The molecule has 0 amide bonds. The summed E-state index contributed by atoms with van der Waals surface area (Å²) in [5.74, 6) is 0.257. The molecule has 8 nitrogen and oxygen atoms in total. The molecule has 2 aromatic rings. The number of nitrogens with zero attached hydrogens (tertiary/aromatic N) is 3. The smallest absolute Gasteiger partial charge is 0.353 e. The Kier molecular flexibility index (Phi) is 6.07. The molecular weight excluding hydrogens is 322 g/mol. The number of hydrogen-bond donors (Lipinski definition) is 2. The lowest BCUT2D eigenvalue weighted by Gasteiger charge is -2.10. The van der Waals surface area contributed by atoms with Crippen LogP contribution in [0.25, 0.3) is 0 Å². The molecule has 23 heavy (non-hydrogen) atoms. The number of nitrogens with one attached hydrogen (secondary N) is 2. The van der Waals surface area contributed by atoms with Gasteiger partial charge in [-0.2, -0.15) is 0 Å². The molecule has 9 heteroatoms. The Morgan fingerprint density at radius 3 is 2.83 bits per heavy atom. The van der Waals surface area contributed by atoms with E-state index in [2.05, 4.69) is 20.6 Å². The van der Waals surface area contributed by atoms with E-state index in [1.807, 2.05) is 0 Å². The summed E-state index contributed by atoms with van der Waals surface area (Å²) in [4.78, 5) is 18.8. The van der Waals surface area contributed by atoms with Crippen molar-refractivity contribution < 1.29 is 9.66 Å². The van der Waals surface area contributed by atoms with Crippen molar-refractivity contribution in [3.63, 3.8) is 0 Å². The van der Waals surface area contributed by atoms with Crippen LogP contribution in [0, 0.1) is 10.1 Å². The highest BCUT2D eigenvalue weighted by atomic mass is 35.5. The number of halogens is 1. The van der Waals surface area contributed by atoms with E-state index < -0.39 is 4.92 Å². The molecule has 0 fully saturated rings. The quantitative estimate of drug-likeness (QED) is 0.433. The van der Waals surface area contributed by atoms with Gasteiger partial charge in [-0.25, -0.2) is 9.97 Å². The molecule has 0 radical (unpaired) electrons. The van der Waals surface area contributed by atoms with Crippen LogP contribution in [0.15, 0.2) is 30.6 Å². The topological polar surface area (TPSA) is 102 Å². The van der Waals surface area contributed by atoms with E-state index in [-0.39, 0.29) is 17.3 Å². The Morgan fingerprint density at radius 1 is 1.35 bits per heavy atom. The largest absolute Gasteiger partial charge is 0.385 e. The third-order valence-corrected chi connectivity index (χ3v) is 3.14. The third-order valence-electron chi connectivity index (χ3n) is 2.91. The molecule has 122 valence electrons. The average molecular weight is 338 g/mol. The fourth-order valence-corrected chi connectivity index (χ4v) is 2.09. The summed E-state index contributed by atoms with van der Waals surface area (Å²) in [5.41, 5.74) is 0.384. The number of methoxy groups -OCH3 is 1. The number of rotatable bonds is 8. The van der Waals surface area contributed by atoms with Crippen LogP contribution in [-0.4, -0.2) is 35.2 Å².